The van der Waals surface area contributed by atoms with Crippen molar-refractivity contribution in [3.63, 3.8) is 0 Å². The Morgan fingerprint density at radius 3 is 2.94 bits per heavy atom. The van der Waals surface area contributed by atoms with Gasteiger partial charge in [0.2, 0.25) is 0 Å². The summed E-state index contributed by atoms with van der Waals surface area (Å²) in [5, 5.41) is 14.8. The number of fused-ring (bicyclic) bond motifs is 1. The maximum Gasteiger partial charge on any atom is 0.404 e. The minimum atomic E-state index is -0.986. The molecule has 1 amide bonds. The molecular weight excluding hydrogens is 226 g/mol. The fourth-order valence-electron chi connectivity index (χ4n) is 1.77. The van der Waals surface area contributed by atoms with Gasteiger partial charge in [0.05, 0.1) is 5.69 Å². The van der Waals surface area contributed by atoms with Crippen LogP contribution >= 0.6 is 11.3 Å². The van der Waals surface area contributed by atoms with Gasteiger partial charge < -0.3 is 15.7 Å². The number of rotatable bonds is 4. The van der Waals surface area contributed by atoms with Crippen molar-refractivity contribution in [2.75, 3.05) is 18.4 Å². The minimum absolute atomic E-state index is 0.402. The number of aromatic nitrogens is 1. The van der Waals surface area contributed by atoms with Crippen LogP contribution in [0.3, 0.4) is 0 Å². The zero-order chi connectivity index (χ0) is 11.4. The van der Waals surface area contributed by atoms with Crippen molar-refractivity contribution in [3.05, 3.63) is 10.6 Å². The van der Waals surface area contributed by atoms with Crippen molar-refractivity contribution < 1.29 is 9.90 Å². The smallest absolute Gasteiger partial charge is 0.404 e. The quantitative estimate of drug-likeness (QED) is 0.701. The molecule has 1 aromatic heterocycles. The first kappa shape index (κ1) is 11.2. The maximum absolute atomic E-state index is 10.2. The lowest BCUT2D eigenvalue weighted by atomic mass is 10.0. The Morgan fingerprint density at radius 2 is 2.19 bits per heavy atom. The first-order valence-corrected chi connectivity index (χ1v) is 6.26. The number of hydrogen-bond donors (Lipinski definition) is 3. The largest absolute Gasteiger partial charge is 0.465 e. The summed E-state index contributed by atoms with van der Waals surface area (Å²) in [6.45, 7) is 0.984. The molecule has 0 aromatic carbocycles. The molecule has 1 heterocycles. The molecule has 0 spiro atoms. The van der Waals surface area contributed by atoms with Crippen LogP contribution in [0.2, 0.25) is 0 Å². The zero-order valence-corrected chi connectivity index (χ0v) is 9.77. The van der Waals surface area contributed by atoms with Gasteiger partial charge in [-0.2, -0.15) is 0 Å². The summed E-state index contributed by atoms with van der Waals surface area (Å²) in [7, 11) is 0. The molecule has 88 valence electrons. The summed E-state index contributed by atoms with van der Waals surface area (Å²) in [5.74, 6) is 0. The Labute approximate surface area is 97.9 Å². The highest BCUT2D eigenvalue weighted by molar-refractivity contribution is 7.15. The molecule has 0 unspecified atom stereocenters. The lowest BCUT2D eigenvalue weighted by molar-refractivity contribution is 0.195. The van der Waals surface area contributed by atoms with Gasteiger partial charge in [0.1, 0.15) is 0 Å². The number of amides is 1. The Bertz CT molecular complexity index is 355. The Kier molecular flexibility index (Phi) is 3.61. The number of nitrogens with one attached hydrogen (secondary N) is 2. The van der Waals surface area contributed by atoms with Crippen LogP contribution in [-0.2, 0) is 12.8 Å². The highest BCUT2D eigenvalue weighted by Crippen LogP contribution is 2.29. The van der Waals surface area contributed by atoms with E-state index in [2.05, 4.69) is 15.6 Å². The number of hydrogen-bond acceptors (Lipinski definition) is 4. The third-order valence-electron chi connectivity index (χ3n) is 2.52. The van der Waals surface area contributed by atoms with Gasteiger partial charge in [-0.05, 0) is 25.7 Å². The molecule has 0 saturated heterocycles. The molecule has 1 aromatic rings. The molecule has 1 aliphatic carbocycles. The number of anilines is 1. The highest BCUT2D eigenvalue weighted by atomic mass is 32.1. The second-order valence-electron chi connectivity index (χ2n) is 3.75. The normalized spacial score (nSPS) is 14.2. The molecular formula is C10H15N3O2S. The maximum atomic E-state index is 10.2. The monoisotopic (exact) mass is 241 g/mol. The third-order valence-corrected chi connectivity index (χ3v) is 3.64. The average molecular weight is 241 g/mol. The lowest BCUT2D eigenvalue weighted by Gasteiger charge is -2.06. The molecule has 0 saturated carbocycles. The fourth-order valence-corrected chi connectivity index (χ4v) is 2.84. The summed E-state index contributed by atoms with van der Waals surface area (Å²) >= 11 is 1.70. The molecule has 6 heteroatoms. The van der Waals surface area contributed by atoms with E-state index in [0.29, 0.717) is 13.1 Å². The fraction of sp³-hybridized carbons (Fsp3) is 0.600. The van der Waals surface area contributed by atoms with Crippen molar-refractivity contribution >= 4 is 22.6 Å². The minimum Gasteiger partial charge on any atom is -0.465 e. The van der Waals surface area contributed by atoms with Crippen LogP contribution in [0.1, 0.15) is 23.4 Å². The zero-order valence-electron chi connectivity index (χ0n) is 8.95. The van der Waals surface area contributed by atoms with Crippen molar-refractivity contribution in [1.82, 2.24) is 10.3 Å². The van der Waals surface area contributed by atoms with Crippen LogP contribution in [0, 0.1) is 0 Å². The number of carboxylic acid groups (broad SMARTS) is 1. The van der Waals surface area contributed by atoms with Crippen molar-refractivity contribution in [2.45, 2.75) is 25.7 Å². The summed E-state index contributed by atoms with van der Waals surface area (Å²) in [5.41, 5.74) is 1.23. The van der Waals surface area contributed by atoms with Crippen LogP contribution in [-0.4, -0.2) is 29.3 Å². The van der Waals surface area contributed by atoms with Crippen LogP contribution < -0.4 is 10.6 Å². The molecule has 1 aliphatic rings. The van der Waals surface area contributed by atoms with Crippen molar-refractivity contribution in [2.24, 2.45) is 0 Å². The number of nitrogens with zero attached hydrogens (tertiary/aromatic N) is 1. The molecule has 3 N–H and O–H groups in total. The van der Waals surface area contributed by atoms with E-state index in [1.54, 1.807) is 11.3 Å². The molecule has 0 aliphatic heterocycles. The van der Waals surface area contributed by atoms with Gasteiger partial charge in [-0.25, -0.2) is 9.78 Å². The van der Waals surface area contributed by atoms with E-state index in [1.807, 2.05) is 0 Å². The second kappa shape index (κ2) is 5.16. The molecule has 2 rings (SSSR count). The van der Waals surface area contributed by atoms with E-state index in [1.165, 1.54) is 23.4 Å². The second-order valence-corrected chi connectivity index (χ2v) is 4.84. The van der Waals surface area contributed by atoms with Gasteiger partial charge in [-0.1, -0.05) is 0 Å². The van der Waals surface area contributed by atoms with Crippen LogP contribution in [0.25, 0.3) is 0 Å². The molecule has 0 bridgehead atoms. The van der Waals surface area contributed by atoms with Crippen molar-refractivity contribution in [3.8, 4) is 0 Å². The van der Waals surface area contributed by atoms with Crippen LogP contribution in [0.15, 0.2) is 0 Å². The molecule has 16 heavy (non-hydrogen) atoms. The van der Waals surface area contributed by atoms with E-state index >= 15 is 0 Å². The Hall–Kier alpha value is -1.30. The van der Waals surface area contributed by atoms with E-state index in [-0.39, 0.29) is 0 Å². The topological polar surface area (TPSA) is 74.2 Å². The summed E-state index contributed by atoms with van der Waals surface area (Å²) < 4.78 is 0. The van der Waals surface area contributed by atoms with Gasteiger partial charge in [-0.3, -0.25) is 0 Å². The van der Waals surface area contributed by atoms with Gasteiger partial charge >= 0.3 is 6.09 Å². The van der Waals surface area contributed by atoms with Crippen molar-refractivity contribution in [1.29, 1.82) is 0 Å². The van der Waals surface area contributed by atoms with E-state index < -0.39 is 6.09 Å². The predicted molar refractivity (Wildman–Crippen MR) is 63.3 cm³/mol. The Balaban J connectivity index is 1.81. The summed E-state index contributed by atoms with van der Waals surface area (Å²) in [4.78, 5) is 16.1. The molecule has 5 nitrogen and oxygen atoms in total. The number of aryl methyl sites for hydroxylation is 2. The number of carbonyl (C=O) groups is 1. The van der Waals surface area contributed by atoms with E-state index in [0.717, 1.165) is 18.0 Å². The van der Waals surface area contributed by atoms with Gasteiger partial charge in [0.25, 0.3) is 0 Å². The standard InChI is InChI=1S/C10H15N3O2S/c14-10(15)12-6-5-11-9-13-7-3-1-2-4-8(7)16-9/h12H,1-6H2,(H,11,13)(H,14,15). The number of thiazole rings is 1. The third kappa shape index (κ3) is 2.85. The Morgan fingerprint density at radius 1 is 1.38 bits per heavy atom. The SMILES string of the molecule is O=C(O)NCCNc1nc2c(s1)CCCC2. The lowest BCUT2D eigenvalue weighted by Crippen LogP contribution is -2.26. The van der Waals surface area contributed by atoms with Crippen LogP contribution in [0.5, 0.6) is 0 Å². The highest BCUT2D eigenvalue weighted by Gasteiger charge is 2.14. The van der Waals surface area contributed by atoms with Gasteiger partial charge in [0, 0.05) is 18.0 Å². The molecule has 0 fully saturated rings. The first-order valence-electron chi connectivity index (χ1n) is 5.45. The van der Waals surface area contributed by atoms with E-state index in [9.17, 15) is 4.79 Å². The van der Waals surface area contributed by atoms with Gasteiger partial charge in [-0.15, -0.1) is 11.3 Å². The van der Waals surface area contributed by atoms with E-state index in [4.69, 9.17) is 5.11 Å². The van der Waals surface area contributed by atoms with Crippen LogP contribution in [0.4, 0.5) is 9.93 Å². The summed E-state index contributed by atoms with van der Waals surface area (Å²) in [6.07, 6.45) is 3.73. The predicted octanol–water partition coefficient (Wildman–Crippen LogP) is 1.70. The van der Waals surface area contributed by atoms with Gasteiger partial charge in [0.15, 0.2) is 5.13 Å². The first-order chi connectivity index (χ1) is 7.75. The average Bonchev–Trinajstić information content (AvgIpc) is 2.66. The molecule has 0 radical (unpaired) electrons. The summed E-state index contributed by atoms with van der Waals surface area (Å²) in [6, 6.07) is 0. The molecule has 0 atom stereocenters.